The second-order valence-corrected chi connectivity index (χ2v) is 11.2. The van der Waals surface area contributed by atoms with Crippen LogP contribution < -0.4 is 4.74 Å². The largest absolute Gasteiger partial charge is 0.497 e. The number of benzene rings is 1. The first-order valence-corrected chi connectivity index (χ1v) is 12.4. The Kier molecular flexibility index (Phi) is 4.71. The summed E-state index contributed by atoms with van der Waals surface area (Å²) in [7, 11) is 1.72. The van der Waals surface area contributed by atoms with E-state index in [1.807, 2.05) is 6.92 Å². The van der Waals surface area contributed by atoms with Crippen molar-refractivity contribution in [1.82, 2.24) is 0 Å². The summed E-state index contributed by atoms with van der Waals surface area (Å²) in [4.78, 5) is 0. The summed E-state index contributed by atoms with van der Waals surface area (Å²) < 4.78 is 17.6. The van der Waals surface area contributed by atoms with E-state index in [1.54, 1.807) is 12.7 Å². The molecule has 0 radical (unpaired) electrons. The minimum absolute atomic E-state index is 0.141. The van der Waals surface area contributed by atoms with E-state index in [-0.39, 0.29) is 11.2 Å². The van der Waals surface area contributed by atoms with Crippen molar-refractivity contribution in [3.63, 3.8) is 0 Å². The second-order valence-electron chi connectivity index (χ2n) is 11.2. The van der Waals surface area contributed by atoms with Crippen LogP contribution in [0.2, 0.25) is 0 Å². The quantitative estimate of drug-likeness (QED) is 0.645. The van der Waals surface area contributed by atoms with Gasteiger partial charge in [-0.3, -0.25) is 0 Å². The van der Waals surface area contributed by atoms with Gasteiger partial charge in [0.15, 0.2) is 5.79 Å². The molecule has 6 rings (SSSR count). The van der Waals surface area contributed by atoms with Crippen LogP contribution in [0.1, 0.15) is 57.4 Å². The number of allylic oxidation sites excluding steroid dienone is 2. The highest BCUT2D eigenvalue weighted by molar-refractivity contribution is 5.36. The predicted octanol–water partition coefficient (Wildman–Crippen LogP) is 5.23. The van der Waals surface area contributed by atoms with Gasteiger partial charge >= 0.3 is 0 Å². The van der Waals surface area contributed by atoms with Crippen molar-refractivity contribution in [1.29, 1.82) is 0 Å². The molecule has 0 amide bonds. The third-order valence-electron chi connectivity index (χ3n) is 9.84. The summed E-state index contributed by atoms with van der Waals surface area (Å²) in [6.07, 6.45) is 12.1. The summed E-state index contributed by atoms with van der Waals surface area (Å²) in [6, 6.07) is 8.71. The molecule has 2 saturated carbocycles. The molecule has 1 aromatic carbocycles. The molecule has 32 heavy (non-hydrogen) atoms. The lowest BCUT2D eigenvalue weighted by atomic mass is 9.47. The molecule has 1 aromatic rings. The van der Waals surface area contributed by atoms with Gasteiger partial charge in [0.05, 0.1) is 25.9 Å². The lowest BCUT2D eigenvalue weighted by Crippen LogP contribution is -2.55. The number of ether oxygens (including phenoxy) is 3. The molecule has 1 spiro atoms. The van der Waals surface area contributed by atoms with Crippen molar-refractivity contribution >= 4 is 0 Å². The maximum atomic E-state index is 11.4. The van der Waals surface area contributed by atoms with Gasteiger partial charge in [-0.25, -0.2) is 0 Å². The highest BCUT2D eigenvalue weighted by Gasteiger charge is 2.61. The lowest BCUT2D eigenvalue weighted by molar-refractivity contribution is -0.178. The van der Waals surface area contributed by atoms with E-state index in [1.165, 1.54) is 5.56 Å². The molecule has 1 N–H and O–H groups in total. The normalized spacial score (nSPS) is 44.0. The summed E-state index contributed by atoms with van der Waals surface area (Å²) in [5, 5.41) is 11.4. The highest BCUT2D eigenvalue weighted by Crippen LogP contribution is 2.66. The smallest absolute Gasteiger partial charge is 0.172 e. The fraction of sp³-hybridized carbons (Fsp3) is 0.643. The van der Waals surface area contributed by atoms with Gasteiger partial charge in [0, 0.05) is 18.3 Å². The van der Waals surface area contributed by atoms with Gasteiger partial charge in [-0.05, 0) is 73.5 Å². The Bertz CT molecular complexity index is 939. The van der Waals surface area contributed by atoms with Crippen molar-refractivity contribution in [3.05, 3.63) is 53.6 Å². The lowest BCUT2D eigenvalue weighted by Gasteiger charge is -2.58. The number of rotatable bonds is 2. The van der Waals surface area contributed by atoms with E-state index in [0.29, 0.717) is 29.6 Å². The third-order valence-corrected chi connectivity index (χ3v) is 9.84. The minimum Gasteiger partial charge on any atom is -0.497 e. The van der Waals surface area contributed by atoms with Gasteiger partial charge < -0.3 is 19.3 Å². The zero-order chi connectivity index (χ0) is 22.1. The molecular weight excluding hydrogens is 400 g/mol. The fourth-order valence-corrected chi connectivity index (χ4v) is 7.98. The molecule has 4 nitrogen and oxygen atoms in total. The van der Waals surface area contributed by atoms with Crippen LogP contribution in [0.15, 0.2) is 48.1 Å². The number of aliphatic hydroxyl groups is 1. The molecule has 7 atom stereocenters. The van der Waals surface area contributed by atoms with Gasteiger partial charge in [0.25, 0.3) is 0 Å². The van der Waals surface area contributed by atoms with Crippen molar-refractivity contribution in [2.45, 2.75) is 63.3 Å². The van der Waals surface area contributed by atoms with E-state index >= 15 is 0 Å². The molecule has 0 unspecified atom stereocenters. The molecule has 172 valence electrons. The Hall–Kier alpha value is -1.62. The second kappa shape index (κ2) is 7.19. The molecule has 1 saturated heterocycles. The number of methoxy groups -OCH3 is 1. The molecule has 4 heteroatoms. The summed E-state index contributed by atoms with van der Waals surface area (Å²) in [5.74, 6) is 3.08. The molecule has 0 aromatic heterocycles. The molecule has 5 aliphatic rings. The zero-order valence-electron chi connectivity index (χ0n) is 19.5. The van der Waals surface area contributed by atoms with Crippen LogP contribution in [0.4, 0.5) is 0 Å². The first-order valence-electron chi connectivity index (χ1n) is 12.4. The monoisotopic (exact) mass is 436 g/mol. The third kappa shape index (κ3) is 2.92. The summed E-state index contributed by atoms with van der Waals surface area (Å²) >= 11 is 0. The van der Waals surface area contributed by atoms with Gasteiger partial charge in [0.1, 0.15) is 5.75 Å². The van der Waals surface area contributed by atoms with Crippen LogP contribution in [0.5, 0.6) is 5.75 Å². The van der Waals surface area contributed by atoms with Crippen LogP contribution in [0, 0.1) is 29.1 Å². The average molecular weight is 437 g/mol. The maximum Gasteiger partial charge on any atom is 0.172 e. The van der Waals surface area contributed by atoms with E-state index in [4.69, 9.17) is 14.2 Å². The van der Waals surface area contributed by atoms with Crippen molar-refractivity contribution in [2.75, 3.05) is 20.3 Å². The van der Waals surface area contributed by atoms with Crippen LogP contribution in [-0.2, 0) is 9.47 Å². The predicted molar refractivity (Wildman–Crippen MR) is 123 cm³/mol. The Labute approximate surface area is 191 Å². The molecule has 3 fully saturated rings. The average Bonchev–Trinajstić information content (AvgIpc) is 3.34. The van der Waals surface area contributed by atoms with E-state index in [2.05, 4.69) is 49.4 Å². The minimum atomic E-state index is -0.764. The van der Waals surface area contributed by atoms with Crippen LogP contribution in [-0.4, -0.2) is 36.8 Å². The topological polar surface area (TPSA) is 47.9 Å². The van der Waals surface area contributed by atoms with Gasteiger partial charge in [-0.15, -0.1) is 0 Å². The van der Waals surface area contributed by atoms with Crippen molar-refractivity contribution < 1.29 is 19.3 Å². The van der Waals surface area contributed by atoms with Crippen molar-refractivity contribution in [2.24, 2.45) is 29.1 Å². The number of hydrogen-bond acceptors (Lipinski definition) is 4. The first kappa shape index (κ1) is 20.9. The van der Waals surface area contributed by atoms with Crippen LogP contribution in [0.25, 0.3) is 0 Å². The maximum absolute atomic E-state index is 11.4. The van der Waals surface area contributed by atoms with E-state index in [9.17, 15) is 5.11 Å². The van der Waals surface area contributed by atoms with E-state index in [0.717, 1.165) is 51.1 Å². The summed E-state index contributed by atoms with van der Waals surface area (Å²) in [6.45, 7) is 5.77. The Morgan fingerprint density at radius 1 is 1.06 bits per heavy atom. The summed E-state index contributed by atoms with van der Waals surface area (Å²) in [5.41, 5.74) is 2.03. The molecule has 0 bridgehead atoms. The Morgan fingerprint density at radius 3 is 2.53 bits per heavy atom. The van der Waals surface area contributed by atoms with Crippen molar-refractivity contribution in [3.8, 4) is 5.75 Å². The molecular formula is C28H36O4. The molecule has 1 aliphatic heterocycles. The first-order chi connectivity index (χ1) is 15.4. The van der Waals surface area contributed by atoms with Gasteiger partial charge in [0.2, 0.25) is 0 Å². The Balaban J connectivity index is 1.40. The highest BCUT2D eigenvalue weighted by atomic mass is 16.7. The van der Waals surface area contributed by atoms with Crippen LogP contribution >= 0.6 is 0 Å². The fourth-order valence-electron chi connectivity index (χ4n) is 7.98. The molecule has 4 aliphatic carbocycles. The Morgan fingerprint density at radius 2 is 1.81 bits per heavy atom. The molecule has 1 heterocycles. The SMILES string of the molecule is COc1ccc([C@H]2C[C@@]3(C)[C@@H](C=C[C@]3(C)O)[C@@H]3CC=C4CC5(CC[C@@H]4[C@H]32)OCCO5)cc1. The standard InChI is InChI=1S/C28H36O4/c1-26-17-23(18-4-7-20(30-3)8-5-18)25-21-10-13-28(31-14-15-32-28)16-19(21)6-9-22(25)24(26)11-12-27(26,2)29/h4-8,11-12,21-25,29H,9-10,13-17H2,1-3H3/t21-,22-,23+,24-,25+,26-,27-/m0/s1. The van der Waals surface area contributed by atoms with Crippen LogP contribution in [0.3, 0.4) is 0 Å². The zero-order valence-corrected chi connectivity index (χ0v) is 19.5. The number of hydrogen-bond donors (Lipinski definition) is 1. The van der Waals surface area contributed by atoms with Gasteiger partial charge in [-0.1, -0.05) is 42.9 Å². The number of fused-ring (bicyclic) bond motifs is 5. The van der Waals surface area contributed by atoms with E-state index < -0.39 is 5.60 Å². The van der Waals surface area contributed by atoms with Gasteiger partial charge in [-0.2, -0.15) is 0 Å².